The third-order valence-corrected chi connectivity index (χ3v) is 4.24. The minimum atomic E-state index is -0.372. The number of hydrogen-bond acceptors (Lipinski definition) is 2. The van der Waals surface area contributed by atoms with Crippen LogP contribution in [-0.2, 0) is 12.8 Å². The lowest BCUT2D eigenvalue weighted by molar-refractivity contribution is 0.182. The lowest BCUT2D eigenvalue weighted by Gasteiger charge is -2.08. The van der Waals surface area contributed by atoms with E-state index in [0.717, 1.165) is 11.3 Å². The Balaban J connectivity index is 2.05. The fourth-order valence-electron chi connectivity index (χ4n) is 1.81. The van der Waals surface area contributed by atoms with Crippen LogP contribution in [-0.4, -0.2) is 5.11 Å². The molecule has 0 aliphatic carbocycles. The molecule has 0 saturated carbocycles. The van der Waals surface area contributed by atoms with Gasteiger partial charge >= 0.3 is 0 Å². The molecule has 17 heavy (non-hydrogen) atoms. The van der Waals surface area contributed by atoms with Crippen molar-refractivity contribution in [3.63, 3.8) is 0 Å². The van der Waals surface area contributed by atoms with Crippen molar-refractivity contribution in [2.75, 3.05) is 0 Å². The Morgan fingerprint density at radius 1 is 1.12 bits per heavy atom. The van der Waals surface area contributed by atoms with Gasteiger partial charge in [0.2, 0.25) is 0 Å². The van der Waals surface area contributed by atoms with Crippen molar-refractivity contribution in [1.29, 1.82) is 0 Å². The van der Waals surface area contributed by atoms with Gasteiger partial charge < -0.3 is 5.11 Å². The maximum atomic E-state index is 10.2. The molecule has 1 aromatic carbocycles. The third kappa shape index (κ3) is 3.18. The highest BCUT2D eigenvalue weighted by Crippen LogP contribution is 2.26. The van der Waals surface area contributed by atoms with E-state index in [0.29, 0.717) is 6.42 Å². The largest absolute Gasteiger partial charge is 0.387 e. The van der Waals surface area contributed by atoms with Crippen LogP contribution in [0, 0.1) is 6.92 Å². The van der Waals surface area contributed by atoms with Gasteiger partial charge in [-0.15, -0.1) is 11.3 Å². The molecule has 1 unspecified atom stereocenters. The van der Waals surface area contributed by atoms with Gasteiger partial charge in [-0.1, -0.05) is 36.8 Å². The van der Waals surface area contributed by atoms with Crippen LogP contribution in [0.15, 0.2) is 36.4 Å². The van der Waals surface area contributed by atoms with Gasteiger partial charge in [-0.25, -0.2) is 0 Å². The first-order chi connectivity index (χ1) is 8.19. The molecule has 1 heterocycles. The standard InChI is InChI=1S/C15H18OS/c1-3-13-8-9-15(17-13)14(16)10-12-6-4-11(2)5-7-12/h4-9,14,16H,3,10H2,1-2H3. The number of rotatable bonds is 4. The van der Waals surface area contributed by atoms with Crippen LogP contribution in [0.5, 0.6) is 0 Å². The van der Waals surface area contributed by atoms with Crippen LogP contribution >= 0.6 is 11.3 Å². The summed E-state index contributed by atoms with van der Waals surface area (Å²) in [5.41, 5.74) is 2.45. The molecular weight excluding hydrogens is 228 g/mol. The topological polar surface area (TPSA) is 20.2 Å². The lowest BCUT2D eigenvalue weighted by atomic mass is 10.1. The molecule has 0 aliphatic heterocycles. The van der Waals surface area contributed by atoms with Crippen molar-refractivity contribution >= 4 is 11.3 Å². The number of hydrogen-bond donors (Lipinski definition) is 1. The minimum absolute atomic E-state index is 0.372. The normalized spacial score (nSPS) is 12.6. The van der Waals surface area contributed by atoms with Gasteiger partial charge in [-0.3, -0.25) is 0 Å². The van der Waals surface area contributed by atoms with Gasteiger partial charge in [0, 0.05) is 16.2 Å². The van der Waals surface area contributed by atoms with E-state index in [1.165, 1.54) is 16.0 Å². The third-order valence-electron chi connectivity index (χ3n) is 2.91. The average molecular weight is 246 g/mol. The summed E-state index contributed by atoms with van der Waals surface area (Å²) >= 11 is 1.71. The zero-order valence-electron chi connectivity index (χ0n) is 10.3. The first-order valence-corrected chi connectivity index (χ1v) is 6.83. The Hall–Kier alpha value is -1.12. The van der Waals surface area contributed by atoms with Crippen LogP contribution in [0.3, 0.4) is 0 Å². The quantitative estimate of drug-likeness (QED) is 0.867. The van der Waals surface area contributed by atoms with Gasteiger partial charge in [0.05, 0.1) is 6.10 Å². The maximum absolute atomic E-state index is 10.2. The van der Waals surface area contributed by atoms with Crippen molar-refractivity contribution in [2.24, 2.45) is 0 Å². The van der Waals surface area contributed by atoms with E-state index in [1.54, 1.807) is 11.3 Å². The molecule has 0 amide bonds. The van der Waals surface area contributed by atoms with Crippen molar-refractivity contribution < 1.29 is 5.11 Å². The van der Waals surface area contributed by atoms with Gasteiger partial charge in [0.1, 0.15) is 0 Å². The maximum Gasteiger partial charge on any atom is 0.0922 e. The van der Waals surface area contributed by atoms with Gasteiger partial charge in [-0.05, 0) is 31.0 Å². The molecule has 0 saturated heterocycles. The van der Waals surface area contributed by atoms with E-state index in [2.05, 4.69) is 44.2 Å². The Bertz CT molecular complexity index is 470. The molecule has 90 valence electrons. The summed E-state index contributed by atoms with van der Waals surface area (Å²) in [6, 6.07) is 12.5. The van der Waals surface area contributed by atoms with Crippen LogP contribution in [0.4, 0.5) is 0 Å². The summed E-state index contributed by atoms with van der Waals surface area (Å²) in [7, 11) is 0. The summed E-state index contributed by atoms with van der Waals surface area (Å²) in [5.74, 6) is 0. The van der Waals surface area contributed by atoms with Gasteiger partial charge in [0.25, 0.3) is 0 Å². The molecule has 1 nitrogen and oxygen atoms in total. The fraction of sp³-hybridized carbons (Fsp3) is 0.333. The molecule has 2 aromatic rings. The summed E-state index contributed by atoms with van der Waals surface area (Å²) < 4.78 is 0. The molecule has 0 aliphatic rings. The number of benzene rings is 1. The smallest absolute Gasteiger partial charge is 0.0922 e. The van der Waals surface area contributed by atoms with E-state index >= 15 is 0 Å². The average Bonchev–Trinajstić information content (AvgIpc) is 2.81. The zero-order valence-corrected chi connectivity index (χ0v) is 11.1. The first kappa shape index (κ1) is 12.3. The van der Waals surface area contributed by atoms with Crippen molar-refractivity contribution in [3.8, 4) is 0 Å². The molecule has 1 aromatic heterocycles. The molecule has 0 bridgehead atoms. The Morgan fingerprint density at radius 3 is 2.41 bits per heavy atom. The zero-order chi connectivity index (χ0) is 12.3. The van der Waals surface area contributed by atoms with Crippen molar-refractivity contribution in [1.82, 2.24) is 0 Å². The van der Waals surface area contributed by atoms with Crippen LogP contribution in [0.25, 0.3) is 0 Å². The first-order valence-electron chi connectivity index (χ1n) is 6.01. The molecule has 0 radical (unpaired) electrons. The van der Waals surface area contributed by atoms with E-state index in [9.17, 15) is 5.11 Å². The summed E-state index contributed by atoms with van der Waals surface area (Å²) in [6.45, 7) is 4.22. The molecule has 2 rings (SSSR count). The van der Waals surface area contributed by atoms with Gasteiger partial charge in [-0.2, -0.15) is 0 Å². The summed E-state index contributed by atoms with van der Waals surface area (Å²) in [4.78, 5) is 2.41. The van der Waals surface area contributed by atoms with Crippen LogP contribution in [0.2, 0.25) is 0 Å². The van der Waals surface area contributed by atoms with Crippen molar-refractivity contribution in [2.45, 2.75) is 32.8 Å². The number of thiophene rings is 1. The molecular formula is C15H18OS. The summed E-state index contributed by atoms with van der Waals surface area (Å²) in [6.07, 6.45) is 1.37. The summed E-state index contributed by atoms with van der Waals surface area (Å²) in [5, 5.41) is 10.2. The highest BCUT2D eigenvalue weighted by atomic mass is 32.1. The van der Waals surface area contributed by atoms with E-state index < -0.39 is 0 Å². The molecule has 0 spiro atoms. The predicted octanol–water partition coefficient (Wildman–Crippen LogP) is 3.90. The monoisotopic (exact) mass is 246 g/mol. The minimum Gasteiger partial charge on any atom is -0.387 e. The van der Waals surface area contributed by atoms with Gasteiger partial charge in [0.15, 0.2) is 0 Å². The fourth-order valence-corrected chi connectivity index (χ4v) is 2.75. The second-order valence-corrected chi connectivity index (χ2v) is 5.56. The van der Waals surface area contributed by atoms with E-state index in [1.807, 2.05) is 6.07 Å². The number of aliphatic hydroxyl groups excluding tert-OH is 1. The van der Waals surface area contributed by atoms with Crippen molar-refractivity contribution in [3.05, 3.63) is 57.3 Å². The predicted molar refractivity (Wildman–Crippen MR) is 73.5 cm³/mol. The Kier molecular flexibility index (Phi) is 3.97. The lowest BCUT2D eigenvalue weighted by Crippen LogP contribution is -1.99. The highest BCUT2D eigenvalue weighted by molar-refractivity contribution is 7.12. The van der Waals surface area contributed by atoms with Crippen LogP contribution in [0.1, 0.15) is 33.9 Å². The molecule has 1 atom stereocenters. The second-order valence-electron chi connectivity index (χ2n) is 4.36. The number of aliphatic hydroxyl groups is 1. The SMILES string of the molecule is CCc1ccc(C(O)Cc2ccc(C)cc2)s1. The molecule has 1 N–H and O–H groups in total. The molecule has 0 fully saturated rings. The van der Waals surface area contributed by atoms with E-state index in [4.69, 9.17) is 0 Å². The number of aryl methyl sites for hydroxylation is 2. The Morgan fingerprint density at radius 2 is 1.82 bits per heavy atom. The van der Waals surface area contributed by atoms with Crippen LogP contribution < -0.4 is 0 Å². The highest BCUT2D eigenvalue weighted by Gasteiger charge is 2.10. The van der Waals surface area contributed by atoms with E-state index in [-0.39, 0.29) is 6.10 Å². The second kappa shape index (κ2) is 5.48. The molecule has 2 heteroatoms. The Labute approximate surface area is 107 Å².